The zero-order chi connectivity index (χ0) is 13.0. The quantitative estimate of drug-likeness (QED) is 0.883. The smallest absolute Gasteiger partial charge is 0.120 e. The predicted octanol–water partition coefficient (Wildman–Crippen LogP) is 4.61. The molecule has 18 heavy (non-hydrogen) atoms. The third kappa shape index (κ3) is 3.31. The summed E-state index contributed by atoms with van der Waals surface area (Å²) in [6, 6.07) is 13.4. The maximum absolute atomic E-state index is 5.96. The van der Waals surface area contributed by atoms with Gasteiger partial charge in [-0.3, -0.25) is 0 Å². The van der Waals surface area contributed by atoms with Gasteiger partial charge >= 0.3 is 0 Å². The SMILES string of the molecule is COc1cccc(NCc2ccc(Cl)c(Cl)c2)c1. The summed E-state index contributed by atoms with van der Waals surface area (Å²) in [6.07, 6.45) is 0. The van der Waals surface area contributed by atoms with Crippen molar-refractivity contribution in [1.82, 2.24) is 0 Å². The lowest BCUT2D eigenvalue weighted by atomic mass is 10.2. The fourth-order valence-corrected chi connectivity index (χ4v) is 1.91. The van der Waals surface area contributed by atoms with Gasteiger partial charge in [0, 0.05) is 18.3 Å². The first-order valence-electron chi connectivity index (χ1n) is 5.51. The Bertz CT molecular complexity index is 543. The van der Waals surface area contributed by atoms with E-state index in [-0.39, 0.29) is 0 Å². The summed E-state index contributed by atoms with van der Waals surface area (Å²) >= 11 is 11.8. The minimum atomic E-state index is 0.571. The van der Waals surface area contributed by atoms with Gasteiger partial charge in [0.15, 0.2) is 0 Å². The van der Waals surface area contributed by atoms with Gasteiger partial charge in [-0.15, -0.1) is 0 Å². The van der Waals surface area contributed by atoms with Crippen LogP contribution in [0.15, 0.2) is 42.5 Å². The summed E-state index contributed by atoms with van der Waals surface area (Å²) < 4.78 is 5.16. The molecular formula is C14H13Cl2NO. The number of halogens is 2. The van der Waals surface area contributed by atoms with Crippen molar-refractivity contribution in [3.05, 3.63) is 58.1 Å². The molecule has 0 atom stereocenters. The Labute approximate surface area is 116 Å². The Hall–Kier alpha value is -1.38. The number of ether oxygens (including phenoxy) is 1. The molecule has 0 spiro atoms. The van der Waals surface area contributed by atoms with Crippen LogP contribution in [0.3, 0.4) is 0 Å². The van der Waals surface area contributed by atoms with E-state index in [0.717, 1.165) is 17.0 Å². The van der Waals surface area contributed by atoms with Crippen molar-refractivity contribution in [3.63, 3.8) is 0 Å². The molecule has 4 heteroatoms. The number of anilines is 1. The maximum Gasteiger partial charge on any atom is 0.120 e. The molecule has 2 aromatic carbocycles. The topological polar surface area (TPSA) is 21.3 Å². The fourth-order valence-electron chi connectivity index (χ4n) is 1.59. The molecule has 1 N–H and O–H groups in total. The Balaban J connectivity index is 2.04. The number of nitrogens with one attached hydrogen (secondary N) is 1. The van der Waals surface area contributed by atoms with E-state index >= 15 is 0 Å². The van der Waals surface area contributed by atoms with Gasteiger partial charge in [-0.1, -0.05) is 35.3 Å². The van der Waals surface area contributed by atoms with Gasteiger partial charge in [0.2, 0.25) is 0 Å². The van der Waals surface area contributed by atoms with Crippen LogP contribution in [0.25, 0.3) is 0 Å². The number of hydrogen-bond donors (Lipinski definition) is 1. The lowest BCUT2D eigenvalue weighted by Gasteiger charge is -2.08. The monoisotopic (exact) mass is 281 g/mol. The molecule has 0 aliphatic rings. The largest absolute Gasteiger partial charge is 0.497 e. The molecule has 2 nitrogen and oxygen atoms in total. The third-order valence-corrected chi connectivity index (χ3v) is 3.29. The summed E-state index contributed by atoms with van der Waals surface area (Å²) in [5, 5.41) is 4.44. The van der Waals surface area contributed by atoms with E-state index in [4.69, 9.17) is 27.9 Å². The second-order valence-electron chi connectivity index (χ2n) is 3.83. The average molecular weight is 282 g/mol. The van der Waals surface area contributed by atoms with Gasteiger partial charge in [-0.05, 0) is 29.8 Å². The zero-order valence-corrected chi connectivity index (χ0v) is 11.4. The number of hydrogen-bond acceptors (Lipinski definition) is 2. The molecule has 0 fully saturated rings. The molecule has 0 aliphatic heterocycles. The molecule has 94 valence electrons. The van der Waals surface area contributed by atoms with Crippen LogP contribution in [-0.2, 0) is 6.54 Å². The van der Waals surface area contributed by atoms with Crippen molar-refractivity contribution in [2.75, 3.05) is 12.4 Å². The minimum absolute atomic E-state index is 0.571. The average Bonchev–Trinajstić information content (AvgIpc) is 2.40. The van der Waals surface area contributed by atoms with Crippen molar-refractivity contribution in [1.29, 1.82) is 0 Å². The van der Waals surface area contributed by atoms with Gasteiger partial charge < -0.3 is 10.1 Å². The number of methoxy groups -OCH3 is 1. The Kier molecular flexibility index (Phi) is 4.34. The summed E-state index contributed by atoms with van der Waals surface area (Å²) in [6.45, 7) is 0.685. The van der Waals surface area contributed by atoms with Gasteiger partial charge in [0.1, 0.15) is 5.75 Å². The van der Waals surface area contributed by atoms with Crippen LogP contribution < -0.4 is 10.1 Å². The van der Waals surface area contributed by atoms with Crippen molar-refractivity contribution in [3.8, 4) is 5.75 Å². The van der Waals surface area contributed by atoms with Crippen molar-refractivity contribution < 1.29 is 4.74 Å². The molecule has 0 bridgehead atoms. The van der Waals surface area contributed by atoms with Gasteiger partial charge in [-0.2, -0.15) is 0 Å². The molecule has 0 unspecified atom stereocenters. The fraction of sp³-hybridized carbons (Fsp3) is 0.143. The lowest BCUT2D eigenvalue weighted by molar-refractivity contribution is 0.415. The summed E-state index contributed by atoms with van der Waals surface area (Å²) in [5.41, 5.74) is 2.08. The van der Waals surface area contributed by atoms with E-state index in [1.165, 1.54) is 0 Å². The van der Waals surface area contributed by atoms with Crippen molar-refractivity contribution in [2.45, 2.75) is 6.54 Å². The molecule has 2 rings (SSSR count). The van der Waals surface area contributed by atoms with E-state index in [1.54, 1.807) is 13.2 Å². The first-order chi connectivity index (χ1) is 8.69. The van der Waals surface area contributed by atoms with E-state index in [0.29, 0.717) is 16.6 Å². The molecule has 0 aromatic heterocycles. The van der Waals surface area contributed by atoms with Crippen LogP contribution in [0.1, 0.15) is 5.56 Å². The number of rotatable bonds is 4. The lowest BCUT2D eigenvalue weighted by Crippen LogP contribution is -1.99. The third-order valence-electron chi connectivity index (χ3n) is 2.55. The Morgan fingerprint density at radius 2 is 1.89 bits per heavy atom. The van der Waals surface area contributed by atoms with Crippen molar-refractivity contribution >= 4 is 28.9 Å². The van der Waals surface area contributed by atoms with E-state index in [9.17, 15) is 0 Å². The second-order valence-corrected chi connectivity index (χ2v) is 4.65. The predicted molar refractivity (Wildman–Crippen MR) is 76.8 cm³/mol. The van der Waals surface area contributed by atoms with E-state index in [1.807, 2.05) is 36.4 Å². The molecule has 0 radical (unpaired) electrons. The van der Waals surface area contributed by atoms with E-state index in [2.05, 4.69) is 5.32 Å². The summed E-state index contributed by atoms with van der Waals surface area (Å²) in [4.78, 5) is 0. The van der Waals surface area contributed by atoms with Crippen LogP contribution >= 0.6 is 23.2 Å². The Morgan fingerprint density at radius 1 is 1.06 bits per heavy atom. The van der Waals surface area contributed by atoms with Gasteiger partial charge in [-0.25, -0.2) is 0 Å². The molecule has 0 amide bonds. The minimum Gasteiger partial charge on any atom is -0.497 e. The second kappa shape index (κ2) is 5.98. The zero-order valence-electron chi connectivity index (χ0n) is 9.91. The van der Waals surface area contributed by atoms with Gasteiger partial charge in [0.05, 0.1) is 17.2 Å². The van der Waals surface area contributed by atoms with Crippen LogP contribution in [0, 0.1) is 0 Å². The van der Waals surface area contributed by atoms with Crippen molar-refractivity contribution in [2.24, 2.45) is 0 Å². The highest BCUT2D eigenvalue weighted by Crippen LogP contribution is 2.23. The van der Waals surface area contributed by atoms with Crippen LogP contribution in [0.2, 0.25) is 10.0 Å². The van der Waals surface area contributed by atoms with Crippen LogP contribution in [0.4, 0.5) is 5.69 Å². The van der Waals surface area contributed by atoms with E-state index < -0.39 is 0 Å². The highest BCUT2D eigenvalue weighted by molar-refractivity contribution is 6.42. The summed E-state index contributed by atoms with van der Waals surface area (Å²) in [5.74, 6) is 0.828. The summed E-state index contributed by atoms with van der Waals surface area (Å²) in [7, 11) is 1.65. The normalized spacial score (nSPS) is 10.2. The molecular weight excluding hydrogens is 269 g/mol. The highest BCUT2D eigenvalue weighted by atomic mass is 35.5. The van der Waals surface area contributed by atoms with Crippen LogP contribution in [-0.4, -0.2) is 7.11 Å². The van der Waals surface area contributed by atoms with Crippen LogP contribution in [0.5, 0.6) is 5.75 Å². The molecule has 0 saturated carbocycles. The highest BCUT2D eigenvalue weighted by Gasteiger charge is 2.00. The molecule has 0 saturated heterocycles. The van der Waals surface area contributed by atoms with Gasteiger partial charge in [0.25, 0.3) is 0 Å². The first kappa shape index (κ1) is 13.1. The maximum atomic E-state index is 5.96. The first-order valence-corrected chi connectivity index (χ1v) is 6.26. The molecule has 2 aromatic rings. The Morgan fingerprint density at radius 3 is 2.61 bits per heavy atom. The molecule has 0 aliphatic carbocycles. The number of benzene rings is 2. The molecule has 0 heterocycles. The standard InChI is InChI=1S/C14H13Cl2NO/c1-18-12-4-2-3-11(8-12)17-9-10-5-6-13(15)14(16)7-10/h2-8,17H,9H2,1H3.